The first kappa shape index (κ1) is 15.6. The molecule has 1 aromatic heterocycles. The van der Waals surface area contributed by atoms with Crippen molar-refractivity contribution in [3.8, 4) is 0 Å². The first-order valence-electron chi connectivity index (χ1n) is 8.27. The fourth-order valence-corrected chi connectivity index (χ4v) is 3.13. The smallest absolute Gasteiger partial charge is 0.159 e. The molecule has 0 aliphatic carbocycles. The van der Waals surface area contributed by atoms with Gasteiger partial charge in [0, 0.05) is 18.3 Å². The van der Waals surface area contributed by atoms with E-state index in [2.05, 4.69) is 59.2 Å². The lowest BCUT2D eigenvalue weighted by atomic mass is 10.0. The van der Waals surface area contributed by atoms with Gasteiger partial charge in [-0.1, -0.05) is 12.1 Å². The van der Waals surface area contributed by atoms with Gasteiger partial charge in [0.1, 0.15) is 12.0 Å². The number of aromatic nitrogens is 2. The molecule has 0 radical (unpaired) electrons. The lowest BCUT2D eigenvalue weighted by Gasteiger charge is -2.35. The van der Waals surface area contributed by atoms with Crippen LogP contribution in [0.3, 0.4) is 0 Å². The maximum Gasteiger partial charge on any atom is 0.159 e. The molecule has 0 saturated carbocycles. The Balaban J connectivity index is 1.92. The average molecular weight is 311 g/mol. The van der Waals surface area contributed by atoms with Crippen molar-refractivity contribution in [2.45, 2.75) is 46.1 Å². The summed E-state index contributed by atoms with van der Waals surface area (Å²) in [7, 11) is 0. The van der Waals surface area contributed by atoms with Gasteiger partial charge in [-0.3, -0.25) is 0 Å². The predicted molar refractivity (Wildman–Crippen MR) is 96.3 cm³/mol. The summed E-state index contributed by atoms with van der Waals surface area (Å²) in [6.07, 6.45) is 5.24. The fourth-order valence-electron chi connectivity index (χ4n) is 3.13. The van der Waals surface area contributed by atoms with Crippen molar-refractivity contribution in [1.82, 2.24) is 9.97 Å². The third-order valence-corrected chi connectivity index (χ3v) is 4.58. The van der Waals surface area contributed by atoms with E-state index >= 15 is 0 Å². The third kappa shape index (κ3) is 3.23. The van der Waals surface area contributed by atoms with E-state index < -0.39 is 0 Å². The summed E-state index contributed by atoms with van der Waals surface area (Å²) < 4.78 is 0. The molecule has 23 heavy (non-hydrogen) atoms. The lowest BCUT2D eigenvalue weighted by Crippen LogP contribution is -2.38. The van der Waals surface area contributed by atoms with E-state index in [1.54, 1.807) is 6.33 Å². The number of piperidine rings is 1. The quantitative estimate of drug-likeness (QED) is 0.902. The minimum Gasteiger partial charge on any atom is -0.393 e. The number of rotatable bonds is 3. The van der Waals surface area contributed by atoms with Crippen LogP contribution in [0.1, 0.15) is 37.3 Å². The highest BCUT2D eigenvalue weighted by atomic mass is 15.2. The van der Waals surface area contributed by atoms with Gasteiger partial charge in [0.15, 0.2) is 11.6 Å². The van der Waals surface area contributed by atoms with Crippen molar-refractivity contribution < 1.29 is 0 Å². The normalized spacial score (nSPS) is 18.0. The Hall–Kier alpha value is -2.30. The summed E-state index contributed by atoms with van der Waals surface area (Å²) in [5.74, 6) is 1.53. The molecule has 3 rings (SSSR count). The Bertz CT molecular complexity index is 698. The fraction of sp³-hybridized carbons (Fsp3) is 0.444. The molecule has 5 heteroatoms. The van der Waals surface area contributed by atoms with E-state index in [1.807, 2.05) is 0 Å². The molecule has 1 atom stereocenters. The molecule has 0 spiro atoms. The molecule has 122 valence electrons. The second-order valence-electron chi connectivity index (χ2n) is 6.44. The molecular formula is C18H25N5. The molecule has 1 aliphatic rings. The monoisotopic (exact) mass is 311 g/mol. The van der Waals surface area contributed by atoms with Crippen molar-refractivity contribution in [3.63, 3.8) is 0 Å². The number of nitrogens with one attached hydrogen (secondary N) is 1. The second-order valence-corrected chi connectivity index (χ2v) is 6.44. The predicted octanol–water partition coefficient (Wildman–Crippen LogP) is 3.80. The van der Waals surface area contributed by atoms with Crippen LogP contribution >= 0.6 is 0 Å². The molecule has 2 heterocycles. The van der Waals surface area contributed by atoms with Crippen molar-refractivity contribution in [2.24, 2.45) is 0 Å². The van der Waals surface area contributed by atoms with Gasteiger partial charge in [-0.2, -0.15) is 0 Å². The summed E-state index contributed by atoms with van der Waals surface area (Å²) in [5, 5.41) is 3.37. The van der Waals surface area contributed by atoms with E-state index in [4.69, 9.17) is 5.73 Å². The molecule has 1 aliphatic heterocycles. The zero-order chi connectivity index (χ0) is 16.4. The van der Waals surface area contributed by atoms with Crippen LogP contribution in [0.4, 0.5) is 23.0 Å². The van der Waals surface area contributed by atoms with E-state index in [0.29, 0.717) is 17.5 Å². The van der Waals surface area contributed by atoms with Crippen LogP contribution in [-0.2, 0) is 0 Å². The van der Waals surface area contributed by atoms with Gasteiger partial charge in [0.05, 0.1) is 0 Å². The summed E-state index contributed by atoms with van der Waals surface area (Å²) in [6.45, 7) is 7.39. The average Bonchev–Trinajstić information content (AvgIpc) is 2.54. The van der Waals surface area contributed by atoms with Crippen LogP contribution < -0.4 is 16.0 Å². The van der Waals surface area contributed by atoms with E-state index in [0.717, 1.165) is 18.1 Å². The topological polar surface area (TPSA) is 67.1 Å². The van der Waals surface area contributed by atoms with E-state index in [9.17, 15) is 0 Å². The van der Waals surface area contributed by atoms with Crippen LogP contribution in [0, 0.1) is 13.8 Å². The molecule has 1 unspecified atom stereocenters. The maximum absolute atomic E-state index is 6.38. The Kier molecular flexibility index (Phi) is 4.37. The van der Waals surface area contributed by atoms with Crippen LogP contribution in [-0.4, -0.2) is 22.6 Å². The number of benzene rings is 1. The number of hydrogen-bond acceptors (Lipinski definition) is 5. The molecule has 3 N–H and O–H groups in total. The standard InChI is InChI=1S/C18H25N5/c1-12-7-8-13(2)15(10-12)22-17-16(19)18(21-11-20-17)23-9-5-4-6-14(23)3/h7-8,10-11,14H,4-6,9,19H2,1-3H3,(H,20,21,22). The first-order valence-corrected chi connectivity index (χ1v) is 8.27. The first-order chi connectivity index (χ1) is 11.1. The molecule has 5 nitrogen and oxygen atoms in total. The van der Waals surface area contributed by atoms with Crippen LogP contribution in [0.25, 0.3) is 0 Å². The highest BCUT2D eigenvalue weighted by Gasteiger charge is 2.23. The lowest BCUT2D eigenvalue weighted by molar-refractivity contribution is 0.481. The van der Waals surface area contributed by atoms with Gasteiger partial charge in [-0.15, -0.1) is 0 Å². The van der Waals surface area contributed by atoms with Gasteiger partial charge in [0.25, 0.3) is 0 Å². The summed E-state index contributed by atoms with van der Waals surface area (Å²) in [6, 6.07) is 6.78. The van der Waals surface area contributed by atoms with Crippen LogP contribution in [0.5, 0.6) is 0 Å². The largest absolute Gasteiger partial charge is 0.393 e. The summed E-state index contributed by atoms with van der Waals surface area (Å²) in [4.78, 5) is 11.1. The Morgan fingerprint density at radius 2 is 2.04 bits per heavy atom. The molecule has 1 fully saturated rings. The minimum absolute atomic E-state index is 0.467. The number of anilines is 4. The zero-order valence-electron chi connectivity index (χ0n) is 14.1. The Labute approximate surface area is 137 Å². The SMILES string of the molecule is Cc1ccc(C)c(Nc2ncnc(N3CCCCC3C)c2N)c1. The zero-order valence-corrected chi connectivity index (χ0v) is 14.1. The van der Waals surface area contributed by atoms with Gasteiger partial charge >= 0.3 is 0 Å². The third-order valence-electron chi connectivity index (χ3n) is 4.58. The van der Waals surface area contributed by atoms with Crippen LogP contribution in [0.15, 0.2) is 24.5 Å². The van der Waals surface area contributed by atoms with Crippen molar-refractivity contribution in [2.75, 3.05) is 22.5 Å². The van der Waals surface area contributed by atoms with Crippen molar-refractivity contribution >= 4 is 23.0 Å². The number of aryl methyl sites for hydroxylation is 2. The van der Waals surface area contributed by atoms with E-state index in [1.165, 1.54) is 30.4 Å². The molecule has 1 aromatic carbocycles. The van der Waals surface area contributed by atoms with Gasteiger partial charge in [-0.05, 0) is 57.2 Å². The summed E-state index contributed by atoms with van der Waals surface area (Å²) in [5.41, 5.74) is 10.4. The molecule has 2 aromatic rings. The molecule has 0 amide bonds. The second kappa shape index (κ2) is 6.44. The van der Waals surface area contributed by atoms with Gasteiger partial charge < -0.3 is 16.0 Å². The minimum atomic E-state index is 0.467. The van der Waals surface area contributed by atoms with Crippen molar-refractivity contribution in [3.05, 3.63) is 35.7 Å². The Morgan fingerprint density at radius 3 is 2.83 bits per heavy atom. The van der Waals surface area contributed by atoms with Gasteiger partial charge in [-0.25, -0.2) is 9.97 Å². The Morgan fingerprint density at radius 1 is 1.22 bits per heavy atom. The number of nitrogens with zero attached hydrogens (tertiary/aromatic N) is 3. The number of nitrogens with two attached hydrogens (primary N) is 1. The number of nitrogen functional groups attached to an aromatic ring is 1. The number of hydrogen-bond donors (Lipinski definition) is 2. The highest BCUT2D eigenvalue weighted by molar-refractivity contribution is 5.79. The van der Waals surface area contributed by atoms with Crippen LogP contribution in [0.2, 0.25) is 0 Å². The molecule has 1 saturated heterocycles. The molecular weight excluding hydrogens is 286 g/mol. The maximum atomic E-state index is 6.38. The van der Waals surface area contributed by atoms with Crippen molar-refractivity contribution in [1.29, 1.82) is 0 Å². The summed E-state index contributed by atoms with van der Waals surface area (Å²) >= 11 is 0. The molecule has 0 bridgehead atoms. The van der Waals surface area contributed by atoms with Gasteiger partial charge in [0.2, 0.25) is 0 Å². The van der Waals surface area contributed by atoms with E-state index in [-0.39, 0.29) is 0 Å². The highest BCUT2D eigenvalue weighted by Crippen LogP contribution is 2.33.